The predicted octanol–water partition coefficient (Wildman–Crippen LogP) is 3.97. The lowest BCUT2D eigenvalue weighted by molar-refractivity contribution is -0.128. The molecule has 1 saturated heterocycles. The minimum absolute atomic E-state index is 0.0431. The maximum absolute atomic E-state index is 13.9. The number of benzene rings is 2. The van der Waals surface area contributed by atoms with Gasteiger partial charge < -0.3 is 0 Å². The topological polar surface area (TPSA) is 91.4 Å². The number of carbonyl (C=O) groups is 3. The monoisotopic (exact) mass is 532 g/mol. The molecular formula is C22H17FN4O3S4. The van der Waals surface area contributed by atoms with Gasteiger partial charge in [-0.25, -0.2) is 9.37 Å². The Morgan fingerprint density at radius 1 is 1.12 bits per heavy atom. The number of para-hydroxylation sites is 1. The number of hydrogen-bond donors (Lipinski definition) is 2. The lowest BCUT2D eigenvalue weighted by atomic mass is 10.2. The van der Waals surface area contributed by atoms with Crippen LogP contribution in [0.5, 0.6) is 0 Å². The van der Waals surface area contributed by atoms with E-state index >= 15 is 0 Å². The number of fused-ring (bicyclic) bond motifs is 1. The van der Waals surface area contributed by atoms with Crippen molar-refractivity contribution in [1.82, 2.24) is 20.7 Å². The second-order valence-electron chi connectivity index (χ2n) is 6.94. The predicted molar refractivity (Wildman–Crippen MR) is 138 cm³/mol. The summed E-state index contributed by atoms with van der Waals surface area (Å²) in [4.78, 5) is 42.8. The Hall–Kier alpha value is -2.80. The molecule has 3 aromatic rings. The standard InChI is InChI=1S/C22H17FN4O3S4/c23-14-6-2-1-5-13(14)11-17-20(30)27(22(31)34-17)10-9-18(28)25-26-19(29)12-32-21-24-15-7-3-4-8-16(15)33-21/h1-8,11H,9-10,12H2,(H,25,28)(H,26,29)/b17-11-. The van der Waals surface area contributed by atoms with Crippen LogP contribution in [-0.4, -0.2) is 44.2 Å². The van der Waals surface area contributed by atoms with E-state index in [2.05, 4.69) is 15.8 Å². The third kappa shape index (κ3) is 6.00. The number of hydrogen-bond acceptors (Lipinski definition) is 8. The molecule has 34 heavy (non-hydrogen) atoms. The average molecular weight is 533 g/mol. The lowest BCUT2D eigenvalue weighted by Crippen LogP contribution is -2.44. The quantitative estimate of drug-likeness (QED) is 0.206. The number of carbonyl (C=O) groups excluding carboxylic acids is 3. The first-order valence-electron chi connectivity index (χ1n) is 9.96. The number of thioether (sulfide) groups is 2. The van der Waals surface area contributed by atoms with Gasteiger partial charge in [-0.1, -0.05) is 66.1 Å². The molecular weight excluding hydrogens is 516 g/mol. The fourth-order valence-corrected chi connectivity index (χ4v) is 6.09. The highest BCUT2D eigenvalue weighted by molar-refractivity contribution is 8.26. The summed E-state index contributed by atoms with van der Waals surface area (Å²) >= 11 is 9.06. The Morgan fingerprint density at radius 3 is 2.65 bits per heavy atom. The van der Waals surface area contributed by atoms with E-state index in [9.17, 15) is 18.8 Å². The van der Waals surface area contributed by atoms with E-state index in [4.69, 9.17) is 12.2 Å². The fourth-order valence-electron chi connectivity index (χ4n) is 2.92. The highest BCUT2D eigenvalue weighted by Gasteiger charge is 2.32. The second kappa shape index (κ2) is 11.1. The zero-order valence-electron chi connectivity index (χ0n) is 17.4. The number of amides is 3. The molecule has 2 aromatic carbocycles. The molecule has 1 fully saturated rings. The number of nitrogens with one attached hydrogen (secondary N) is 2. The summed E-state index contributed by atoms with van der Waals surface area (Å²) in [6.07, 6.45) is 1.38. The van der Waals surface area contributed by atoms with Gasteiger partial charge in [0, 0.05) is 18.5 Å². The van der Waals surface area contributed by atoms with Crippen LogP contribution in [0.3, 0.4) is 0 Å². The summed E-state index contributed by atoms with van der Waals surface area (Å²) in [5.41, 5.74) is 5.85. The van der Waals surface area contributed by atoms with Crippen molar-refractivity contribution >= 4 is 85.4 Å². The third-order valence-corrected chi connectivity index (χ3v) is 8.13. The molecule has 1 aliphatic rings. The van der Waals surface area contributed by atoms with Crippen LogP contribution in [0.4, 0.5) is 4.39 Å². The first kappa shape index (κ1) is 24.3. The molecule has 2 N–H and O–H groups in total. The Kier molecular flexibility index (Phi) is 7.93. The van der Waals surface area contributed by atoms with Crippen LogP contribution < -0.4 is 10.9 Å². The van der Waals surface area contributed by atoms with E-state index in [0.29, 0.717) is 0 Å². The maximum Gasteiger partial charge on any atom is 0.266 e. The van der Waals surface area contributed by atoms with E-state index in [-0.39, 0.29) is 45.3 Å². The fraction of sp³-hybridized carbons (Fsp3) is 0.136. The Labute approximate surface area is 212 Å². The number of aromatic nitrogens is 1. The van der Waals surface area contributed by atoms with Gasteiger partial charge in [-0.05, 0) is 24.3 Å². The minimum atomic E-state index is -0.467. The molecule has 0 aliphatic carbocycles. The lowest BCUT2D eigenvalue weighted by Gasteiger charge is -2.14. The summed E-state index contributed by atoms with van der Waals surface area (Å²) < 4.78 is 16.0. The second-order valence-corrected chi connectivity index (χ2v) is 10.9. The van der Waals surface area contributed by atoms with Crippen LogP contribution in [-0.2, 0) is 14.4 Å². The van der Waals surface area contributed by atoms with Gasteiger partial charge in [0.15, 0.2) is 4.34 Å². The number of thiazole rings is 1. The number of nitrogens with zero attached hydrogens (tertiary/aromatic N) is 2. The zero-order chi connectivity index (χ0) is 24.1. The Bertz CT molecular complexity index is 1280. The number of halogens is 1. The van der Waals surface area contributed by atoms with E-state index < -0.39 is 11.7 Å². The Morgan fingerprint density at radius 2 is 1.85 bits per heavy atom. The molecule has 12 heteroatoms. The molecule has 0 unspecified atom stereocenters. The molecule has 1 aliphatic heterocycles. The normalized spacial score (nSPS) is 14.7. The van der Waals surface area contributed by atoms with Crippen molar-refractivity contribution in [3.8, 4) is 0 Å². The van der Waals surface area contributed by atoms with Crippen molar-refractivity contribution < 1.29 is 18.8 Å². The summed E-state index contributed by atoms with van der Waals surface area (Å²) in [5.74, 6) is -1.58. The third-order valence-electron chi connectivity index (χ3n) is 4.57. The van der Waals surface area contributed by atoms with Crippen LogP contribution in [0.15, 0.2) is 57.8 Å². The smallest absolute Gasteiger partial charge is 0.266 e. The first-order chi connectivity index (χ1) is 16.4. The molecule has 0 atom stereocenters. The first-order valence-corrected chi connectivity index (χ1v) is 13.0. The maximum atomic E-state index is 13.9. The van der Waals surface area contributed by atoms with Crippen LogP contribution in [0.25, 0.3) is 16.3 Å². The van der Waals surface area contributed by atoms with Gasteiger partial charge in [0.1, 0.15) is 10.1 Å². The van der Waals surface area contributed by atoms with Gasteiger partial charge in [0.2, 0.25) is 11.8 Å². The van der Waals surface area contributed by atoms with Crippen LogP contribution in [0.2, 0.25) is 0 Å². The highest BCUT2D eigenvalue weighted by atomic mass is 32.2. The van der Waals surface area contributed by atoms with Crippen molar-refractivity contribution in [2.45, 2.75) is 10.8 Å². The van der Waals surface area contributed by atoms with Crippen molar-refractivity contribution in [3.63, 3.8) is 0 Å². The molecule has 2 heterocycles. The van der Waals surface area contributed by atoms with Gasteiger partial charge in [-0.3, -0.25) is 30.1 Å². The van der Waals surface area contributed by atoms with Crippen molar-refractivity contribution in [2.75, 3.05) is 12.3 Å². The van der Waals surface area contributed by atoms with Gasteiger partial charge in [-0.2, -0.15) is 0 Å². The molecule has 174 valence electrons. The van der Waals surface area contributed by atoms with Gasteiger partial charge in [0.25, 0.3) is 5.91 Å². The minimum Gasteiger partial charge on any atom is -0.292 e. The Balaban J connectivity index is 1.22. The number of rotatable bonds is 7. The molecule has 0 radical (unpaired) electrons. The summed E-state index contributed by atoms with van der Waals surface area (Å²) in [6, 6.07) is 13.8. The number of hydrazine groups is 1. The molecule has 4 rings (SSSR count). The summed E-state index contributed by atoms with van der Waals surface area (Å²) in [5, 5.41) is 0. The van der Waals surface area contributed by atoms with Crippen molar-refractivity contribution in [2.24, 2.45) is 0 Å². The summed E-state index contributed by atoms with van der Waals surface area (Å²) in [6.45, 7) is 0.0431. The van der Waals surface area contributed by atoms with Gasteiger partial charge >= 0.3 is 0 Å². The summed E-state index contributed by atoms with van der Waals surface area (Å²) in [7, 11) is 0. The van der Waals surface area contributed by atoms with Crippen LogP contribution in [0, 0.1) is 5.82 Å². The van der Waals surface area contributed by atoms with Crippen molar-refractivity contribution in [1.29, 1.82) is 0 Å². The van der Waals surface area contributed by atoms with Gasteiger partial charge in [-0.15, -0.1) is 11.3 Å². The molecule has 7 nitrogen and oxygen atoms in total. The van der Waals surface area contributed by atoms with Crippen molar-refractivity contribution in [3.05, 3.63) is 64.8 Å². The molecule has 0 bridgehead atoms. The van der Waals surface area contributed by atoms with E-state index in [1.165, 1.54) is 40.1 Å². The molecule has 0 saturated carbocycles. The van der Waals surface area contributed by atoms with Crippen LogP contribution in [0.1, 0.15) is 12.0 Å². The largest absolute Gasteiger partial charge is 0.292 e. The average Bonchev–Trinajstić information content (AvgIpc) is 3.36. The molecule has 0 spiro atoms. The molecule has 3 amide bonds. The van der Waals surface area contributed by atoms with E-state index in [1.807, 2.05) is 24.3 Å². The zero-order valence-corrected chi connectivity index (χ0v) is 20.7. The van der Waals surface area contributed by atoms with Gasteiger partial charge in [0.05, 0.1) is 20.9 Å². The van der Waals surface area contributed by atoms with Crippen LogP contribution >= 0.6 is 47.1 Å². The van der Waals surface area contributed by atoms with E-state index in [1.54, 1.807) is 18.2 Å². The SMILES string of the molecule is O=C(CCN1C(=O)/C(=C/c2ccccc2F)SC1=S)NNC(=O)CSc1nc2ccccc2s1. The highest BCUT2D eigenvalue weighted by Crippen LogP contribution is 2.33. The molecule has 1 aromatic heterocycles. The van der Waals surface area contributed by atoms with E-state index in [0.717, 1.165) is 26.3 Å². The number of thiocarbonyl (C=S) groups is 1.